The van der Waals surface area contributed by atoms with Crippen LogP contribution in [0.4, 0.5) is 0 Å². The number of amides is 1. The lowest BCUT2D eigenvalue weighted by Crippen LogP contribution is -2.41. The Morgan fingerprint density at radius 2 is 1.87 bits per heavy atom. The summed E-state index contributed by atoms with van der Waals surface area (Å²) in [6.07, 6.45) is 9.26. The Morgan fingerprint density at radius 1 is 1.17 bits per heavy atom. The normalized spacial score (nSPS) is 15.5. The van der Waals surface area contributed by atoms with E-state index in [0.717, 1.165) is 31.2 Å². The van der Waals surface area contributed by atoms with E-state index in [2.05, 4.69) is 0 Å². The molecule has 0 N–H and O–H groups in total. The van der Waals surface area contributed by atoms with Crippen molar-refractivity contribution in [1.29, 1.82) is 0 Å². The quantitative estimate of drug-likeness (QED) is 0.597. The number of rotatable bonds is 6. The zero-order valence-corrected chi connectivity index (χ0v) is 13.7. The maximum absolute atomic E-state index is 12.6. The van der Waals surface area contributed by atoms with Crippen molar-refractivity contribution in [3.8, 4) is 0 Å². The maximum atomic E-state index is 12.6. The Bertz CT molecular complexity index is 533. The minimum atomic E-state index is -0.273. The zero-order valence-electron chi connectivity index (χ0n) is 13.7. The van der Waals surface area contributed by atoms with Crippen molar-refractivity contribution in [2.45, 2.75) is 44.6 Å². The molecule has 1 aliphatic carbocycles. The van der Waals surface area contributed by atoms with Crippen molar-refractivity contribution in [1.82, 2.24) is 4.90 Å². The van der Waals surface area contributed by atoms with E-state index in [1.165, 1.54) is 13.5 Å². The molecule has 0 heterocycles. The van der Waals surface area contributed by atoms with Crippen molar-refractivity contribution < 1.29 is 14.3 Å². The van der Waals surface area contributed by atoms with Crippen molar-refractivity contribution in [3.63, 3.8) is 0 Å². The van der Waals surface area contributed by atoms with Gasteiger partial charge in [-0.25, -0.2) is 0 Å². The van der Waals surface area contributed by atoms with E-state index in [1.54, 1.807) is 6.08 Å². The molecule has 1 fully saturated rings. The fourth-order valence-electron chi connectivity index (χ4n) is 3.01. The van der Waals surface area contributed by atoms with Crippen LogP contribution in [0.2, 0.25) is 0 Å². The number of nitrogens with zero attached hydrogens (tertiary/aromatic N) is 1. The lowest BCUT2D eigenvalue weighted by molar-refractivity contribution is -0.141. The first kappa shape index (κ1) is 17.3. The highest BCUT2D eigenvalue weighted by molar-refractivity contribution is 5.92. The number of ether oxygens (including phenoxy) is 1. The number of hydrogen-bond donors (Lipinski definition) is 0. The van der Waals surface area contributed by atoms with Crippen LogP contribution >= 0.6 is 0 Å². The molecule has 0 spiro atoms. The summed E-state index contributed by atoms with van der Waals surface area (Å²) in [7, 11) is 1.38. The fraction of sp³-hybridized carbons (Fsp3) is 0.474. The number of esters is 1. The SMILES string of the molecule is COC(=O)CCN(C(=O)/C=C/c1ccccc1)C1CCCCC1. The number of benzene rings is 1. The van der Waals surface area contributed by atoms with Gasteiger partial charge in [0.15, 0.2) is 0 Å². The first-order valence-corrected chi connectivity index (χ1v) is 8.31. The predicted molar refractivity (Wildman–Crippen MR) is 90.7 cm³/mol. The highest BCUT2D eigenvalue weighted by Gasteiger charge is 2.24. The van der Waals surface area contributed by atoms with E-state index in [1.807, 2.05) is 41.3 Å². The Morgan fingerprint density at radius 3 is 2.52 bits per heavy atom. The molecular weight excluding hydrogens is 290 g/mol. The molecule has 0 atom stereocenters. The molecule has 4 nitrogen and oxygen atoms in total. The smallest absolute Gasteiger partial charge is 0.307 e. The molecule has 1 aromatic carbocycles. The molecule has 1 amide bonds. The standard InChI is InChI=1S/C19H25NO3/c1-23-19(22)14-15-20(17-10-6-3-7-11-17)18(21)13-12-16-8-4-2-5-9-16/h2,4-5,8-9,12-13,17H,3,6-7,10-11,14-15H2,1H3/b13-12+. The number of carbonyl (C=O) groups is 2. The summed E-state index contributed by atoms with van der Waals surface area (Å²) >= 11 is 0. The fourth-order valence-corrected chi connectivity index (χ4v) is 3.01. The van der Waals surface area contributed by atoms with E-state index >= 15 is 0 Å². The Hall–Kier alpha value is -2.10. The average Bonchev–Trinajstić information content (AvgIpc) is 2.61. The van der Waals surface area contributed by atoms with Crippen LogP contribution < -0.4 is 0 Å². The number of carbonyl (C=O) groups excluding carboxylic acids is 2. The second-order valence-corrected chi connectivity index (χ2v) is 5.89. The van der Waals surface area contributed by atoms with E-state index in [4.69, 9.17) is 4.74 Å². The van der Waals surface area contributed by atoms with Crippen LogP contribution in [0.1, 0.15) is 44.1 Å². The van der Waals surface area contributed by atoms with Crippen molar-refractivity contribution >= 4 is 18.0 Å². The van der Waals surface area contributed by atoms with Gasteiger partial charge in [-0.1, -0.05) is 49.6 Å². The van der Waals surface area contributed by atoms with Crippen molar-refractivity contribution in [2.24, 2.45) is 0 Å². The van der Waals surface area contributed by atoms with Gasteiger partial charge in [0.05, 0.1) is 13.5 Å². The van der Waals surface area contributed by atoms with E-state index in [-0.39, 0.29) is 24.3 Å². The molecule has 1 aromatic rings. The summed E-state index contributed by atoms with van der Waals surface area (Å²) in [5.74, 6) is -0.296. The lowest BCUT2D eigenvalue weighted by Gasteiger charge is -2.33. The molecule has 0 aliphatic heterocycles. The molecule has 1 saturated carbocycles. The highest BCUT2D eigenvalue weighted by Crippen LogP contribution is 2.23. The molecule has 4 heteroatoms. The van der Waals surface area contributed by atoms with Gasteiger partial charge in [-0.05, 0) is 24.5 Å². The van der Waals surface area contributed by atoms with Gasteiger partial charge in [0, 0.05) is 18.7 Å². The van der Waals surface area contributed by atoms with Crippen molar-refractivity contribution in [3.05, 3.63) is 42.0 Å². The second-order valence-electron chi connectivity index (χ2n) is 5.89. The van der Waals surface area contributed by atoms with Crippen LogP contribution in [0.3, 0.4) is 0 Å². The van der Waals surface area contributed by atoms with Gasteiger partial charge in [-0.2, -0.15) is 0 Å². The lowest BCUT2D eigenvalue weighted by atomic mass is 9.94. The first-order chi connectivity index (χ1) is 11.2. The molecule has 2 rings (SSSR count). The predicted octanol–water partition coefficient (Wildman–Crippen LogP) is 3.42. The summed E-state index contributed by atoms with van der Waals surface area (Å²) in [5.41, 5.74) is 0.998. The summed E-state index contributed by atoms with van der Waals surface area (Å²) in [5, 5.41) is 0. The molecule has 1 aliphatic rings. The van der Waals surface area contributed by atoms with E-state index < -0.39 is 0 Å². The summed E-state index contributed by atoms with van der Waals surface area (Å²) < 4.78 is 4.70. The topological polar surface area (TPSA) is 46.6 Å². The summed E-state index contributed by atoms with van der Waals surface area (Å²) in [6.45, 7) is 0.426. The average molecular weight is 315 g/mol. The van der Waals surface area contributed by atoms with Crippen LogP contribution in [-0.4, -0.2) is 36.5 Å². The van der Waals surface area contributed by atoms with Crippen LogP contribution in [-0.2, 0) is 14.3 Å². The summed E-state index contributed by atoms with van der Waals surface area (Å²) in [4.78, 5) is 25.9. The summed E-state index contributed by atoms with van der Waals surface area (Å²) in [6, 6.07) is 10.00. The monoisotopic (exact) mass is 315 g/mol. The third-order valence-electron chi connectivity index (χ3n) is 4.30. The van der Waals surface area contributed by atoms with Gasteiger partial charge in [-0.3, -0.25) is 9.59 Å². The minimum Gasteiger partial charge on any atom is -0.469 e. The van der Waals surface area contributed by atoms with E-state index in [0.29, 0.717) is 6.54 Å². The van der Waals surface area contributed by atoms with Gasteiger partial charge >= 0.3 is 5.97 Å². The largest absolute Gasteiger partial charge is 0.469 e. The van der Waals surface area contributed by atoms with Gasteiger partial charge in [0.2, 0.25) is 5.91 Å². The number of hydrogen-bond acceptors (Lipinski definition) is 3. The Kier molecular flexibility index (Phi) is 6.85. The number of methoxy groups -OCH3 is 1. The molecule has 0 radical (unpaired) electrons. The molecular formula is C19H25NO3. The van der Waals surface area contributed by atoms with Crippen molar-refractivity contribution in [2.75, 3.05) is 13.7 Å². The van der Waals surface area contributed by atoms with Gasteiger partial charge in [0.25, 0.3) is 0 Å². The van der Waals surface area contributed by atoms with Gasteiger partial charge < -0.3 is 9.64 Å². The Labute approximate surface area is 138 Å². The maximum Gasteiger partial charge on any atom is 0.307 e. The van der Waals surface area contributed by atoms with Gasteiger partial charge in [0.1, 0.15) is 0 Å². The Balaban J connectivity index is 2.03. The molecule has 0 saturated heterocycles. The third-order valence-corrected chi connectivity index (χ3v) is 4.30. The molecule has 23 heavy (non-hydrogen) atoms. The van der Waals surface area contributed by atoms with Crippen LogP contribution in [0.15, 0.2) is 36.4 Å². The molecule has 0 bridgehead atoms. The zero-order chi connectivity index (χ0) is 16.5. The van der Waals surface area contributed by atoms with Gasteiger partial charge in [-0.15, -0.1) is 0 Å². The molecule has 0 unspecified atom stereocenters. The first-order valence-electron chi connectivity index (χ1n) is 8.31. The van der Waals surface area contributed by atoms with Crippen LogP contribution in [0, 0.1) is 0 Å². The van der Waals surface area contributed by atoms with Crippen LogP contribution in [0.25, 0.3) is 6.08 Å². The minimum absolute atomic E-state index is 0.0235. The molecule has 0 aromatic heterocycles. The van der Waals surface area contributed by atoms with E-state index in [9.17, 15) is 9.59 Å². The second kappa shape index (κ2) is 9.13. The molecule has 124 valence electrons. The van der Waals surface area contributed by atoms with Crippen LogP contribution in [0.5, 0.6) is 0 Å². The third kappa shape index (κ3) is 5.55. The highest BCUT2D eigenvalue weighted by atomic mass is 16.5.